The van der Waals surface area contributed by atoms with Gasteiger partial charge in [0.2, 0.25) is 0 Å². The number of rotatable bonds is 12. The second-order valence-electron chi connectivity index (χ2n) is 26.2. The van der Waals surface area contributed by atoms with E-state index in [0.29, 0.717) is 41.5 Å². The molecule has 0 bridgehead atoms. The van der Waals surface area contributed by atoms with Gasteiger partial charge in [0, 0.05) is 59.8 Å². The molecule has 0 aromatic carbocycles. The zero-order valence-corrected chi connectivity index (χ0v) is 45.4. The predicted molar refractivity (Wildman–Crippen MR) is 304 cm³/mol. The van der Waals surface area contributed by atoms with Crippen molar-refractivity contribution in [1.29, 1.82) is 0 Å². The molecule has 0 aromatic rings. The minimum atomic E-state index is 0.0908. The first-order valence-corrected chi connectivity index (χ1v) is 31.7. The van der Waals surface area contributed by atoms with E-state index in [1.165, 1.54) is 198 Å². The molecule has 11 unspecified atom stereocenters. The van der Waals surface area contributed by atoms with Gasteiger partial charge in [-0.1, -0.05) is 121 Å². The quantitative estimate of drug-likeness (QED) is 0.181. The summed E-state index contributed by atoms with van der Waals surface area (Å²) in [7, 11) is 0. The van der Waals surface area contributed by atoms with Gasteiger partial charge in [0.05, 0.1) is 11.8 Å². The largest absolute Gasteiger partial charge is 0.466 e. The van der Waals surface area contributed by atoms with Crippen LogP contribution >= 0.6 is 0 Å². The molecule has 13 aliphatic rings. The molecule has 0 aromatic heterocycles. The first kappa shape index (κ1) is 48.9. The molecule has 0 saturated heterocycles. The van der Waals surface area contributed by atoms with Crippen molar-refractivity contribution < 1.29 is 4.74 Å². The number of fused-ring (bicyclic) bond motifs is 5. The summed E-state index contributed by atoms with van der Waals surface area (Å²) in [5.74, 6) is 8.54. The van der Waals surface area contributed by atoms with Gasteiger partial charge in [0.25, 0.3) is 0 Å². The maximum absolute atomic E-state index is 6.76. The van der Waals surface area contributed by atoms with Crippen LogP contribution in [0.3, 0.4) is 0 Å². The van der Waals surface area contributed by atoms with Crippen molar-refractivity contribution in [2.45, 2.75) is 224 Å². The number of allylic oxidation sites excluding steroid dienone is 20. The van der Waals surface area contributed by atoms with Crippen LogP contribution in [0.25, 0.3) is 0 Å². The van der Waals surface area contributed by atoms with E-state index < -0.39 is 0 Å². The van der Waals surface area contributed by atoms with Crippen LogP contribution in [0.1, 0.15) is 212 Å². The third-order valence-electron chi connectivity index (χ3n) is 22.5. The summed E-state index contributed by atoms with van der Waals surface area (Å²) in [6.07, 6.45) is 77.8. The van der Waals surface area contributed by atoms with E-state index in [-0.39, 0.29) is 5.41 Å². The summed E-state index contributed by atoms with van der Waals surface area (Å²) in [5, 5.41) is 0. The van der Waals surface area contributed by atoms with E-state index in [9.17, 15) is 0 Å². The highest BCUT2D eigenvalue weighted by Crippen LogP contribution is 2.69. The first-order chi connectivity index (χ1) is 36.1. The van der Waals surface area contributed by atoms with Crippen LogP contribution in [0.5, 0.6) is 0 Å². The topological polar surface area (TPSA) is 15.7 Å². The molecule has 3 nitrogen and oxygen atoms in total. The van der Waals surface area contributed by atoms with Crippen LogP contribution in [0, 0.1) is 58.7 Å². The van der Waals surface area contributed by atoms with Crippen LogP contribution in [0.4, 0.5) is 0 Å². The van der Waals surface area contributed by atoms with Crippen LogP contribution < -0.4 is 0 Å². The highest BCUT2D eigenvalue weighted by atomic mass is 16.5. The molecule has 12 aliphatic carbocycles. The molecular formula is C70H94N2O. The highest BCUT2D eigenvalue weighted by Gasteiger charge is 2.62. The molecule has 3 heteroatoms. The molecule has 0 spiro atoms. The first-order valence-electron chi connectivity index (χ1n) is 31.7. The van der Waals surface area contributed by atoms with Gasteiger partial charge in [0.1, 0.15) is 5.76 Å². The molecule has 0 amide bonds. The molecular weight excluding hydrogens is 885 g/mol. The Labute approximate surface area is 443 Å². The van der Waals surface area contributed by atoms with Gasteiger partial charge in [0.15, 0.2) is 0 Å². The lowest BCUT2D eigenvalue weighted by Crippen LogP contribution is -2.45. The Kier molecular flexibility index (Phi) is 14.5. The Hall–Kier alpha value is -3.72. The zero-order chi connectivity index (χ0) is 48.7. The SMILES string of the molecule is C=CC1CC=C(OC2=CC=C(C3(C4=CCCCC4)C4C=CCCC4C4C=CC(N(C5=CCC(C6=CC7=C(CC6)N(CC6CCCCC6)C6CCCCC76)CC5)C5=CCCCC5C5=CCCCC5)CC43)CC2)CC1. The van der Waals surface area contributed by atoms with Crippen molar-refractivity contribution in [3.8, 4) is 0 Å². The third-order valence-corrected chi connectivity index (χ3v) is 22.5. The minimum Gasteiger partial charge on any atom is -0.466 e. The molecule has 1 aliphatic heterocycles. The molecule has 73 heavy (non-hydrogen) atoms. The summed E-state index contributed by atoms with van der Waals surface area (Å²) in [5.41, 5.74) is 14.2. The Morgan fingerprint density at radius 3 is 2.32 bits per heavy atom. The number of ether oxygens (including phenoxy) is 1. The normalized spacial score (nSPS) is 37.7. The third kappa shape index (κ3) is 9.33. The summed E-state index contributed by atoms with van der Waals surface area (Å²) >= 11 is 0. The van der Waals surface area contributed by atoms with E-state index in [1.807, 2.05) is 16.7 Å². The van der Waals surface area contributed by atoms with E-state index in [1.54, 1.807) is 28.2 Å². The van der Waals surface area contributed by atoms with Crippen molar-refractivity contribution in [3.05, 3.63) is 142 Å². The van der Waals surface area contributed by atoms with E-state index in [0.717, 1.165) is 55.9 Å². The number of nitrogens with zero attached hydrogens (tertiary/aromatic N) is 2. The average Bonchev–Trinajstić information content (AvgIpc) is 3.94. The van der Waals surface area contributed by atoms with E-state index in [4.69, 9.17) is 4.74 Å². The molecule has 3 saturated carbocycles. The lowest BCUT2D eigenvalue weighted by atomic mass is 9.56. The van der Waals surface area contributed by atoms with Crippen LogP contribution in [0.15, 0.2) is 142 Å². The van der Waals surface area contributed by atoms with Crippen molar-refractivity contribution >= 4 is 0 Å². The number of hydrogen-bond acceptors (Lipinski definition) is 3. The maximum atomic E-state index is 6.76. The van der Waals surface area contributed by atoms with Gasteiger partial charge in [-0.3, -0.25) is 0 Å². The summed E-state index contributed by atoms with van der Waals surface area (Å²) in [6.45, 7) is 5.45. The van der Waals surface area contributed by atoms with Crippen molar-refractivity contribution in [3.63, 3.8) is 0 Å². The summed E-state index contributed by atoms with van der Waals surface area (Å²) in [4.78, 5) is 6.12. The van der Waals surface area contributed by atoms with Gasteiger partial charge in [-0.05, 0) is 226 Å². The predicted octanol–water partition coefficient (Wildman–Crippen LogP) is 18.7. The van der Waals surface area contributed by atoms with E-state index >= 15 is 0 Å². The van der Waals surface area contributed by atoms with Gasteiger partial charge >= 0.3 is 0 Å². The molecule has 390 valence electrons. The Balaban J connectivity index is 0.833. The van der Waals surface area contributed by atoms with Gasteiger partial charge in [-0.2, -0.15) is 0 Å². The lowest BCUT2D eigenvalue weighted by Gasteiger charge is -2.50. The molecule has 0 radical (unpaired) electrons. The van der Waals surface area contributed by atoms with E-state index in [2.05, 4.69) is 95.4 Å². The van der Waals surface area contributed by atoms with Crippen LogP contribution in [-0.2, 0) is 4.74 Å². The summed E-state index contributed by atoms with van der Waals surface area (Å²) < 4.78 is 6.76. The smallest absolute Gasteiger partial charge is 0.104 e. The van der Waals surface area contributed by atoms with Gasteiger partial charge < -0.3 is 14.5 Å². The maximum Gasteiger partial charge on any atom is 0.104 e. The average molecular weight is 980 g/mol. The van der Waals surface area contributed by atoms with Crippen molar-refractivity contribution in [1.82, 2.24) is 9.80 Å². The highest BCUT2D eigenvalue weighted by molar-refractivity contribution is 5.46. The van der Waals surface area contributed by atoms with Crippen LogP contribution in [-0.4, -0.2) is 28.4 Å². The minimum absolute atomic E-state index is 0.0908. The van der Waals surface area contributed by atoms with Crippen molar-refractivity contribution in [2.24, 2.45) is 58.7 Å². The molecule has 0 N–H and O–H groups in total. The number of hydrogen-bond donors (Lipinski definition) is 0. The fourth-order valence-corrected chi connectivity index (χ4v) is 19.0. The Bertz CT molecular complexity index is 2430. The molecule has 11 atom stereocenters. The Morgan fingerprint density at radius 2 is 1.52 bits per heavy atom. The van der Waals surface area contributed by atoms with Crippen molar-refractivity contribution in [2.75, 3.05) is 6.54 Å². The zero-order valence-electron chi connectivity index (χ0n) is 45.4. The fourth-order valence-electron chi connectivity index (χ4n) is 19.0. The molecule has 1 heterocycles. The second kappa shape index (κ2) is 21.7. The van der Waals surface area contributed by atoms with Crippen LogP contribution in [0.2, 0.25) is 0 Å². The Morgan fingerprint density at radius 1 is 0.644 bits per heavy atom. The van der Waals surface area contributed by atoms with Gasteiger partial charge in [-0.15, -0.1) is 6.58 Å². The second-order valence-corrected chi connectivity index (χ2v) is 26.2. The fraction of sp³-hybridized carbons (Fsp3) is 0.657. The summed E-state index contributed by atoms with van der Waals surface area (Å²) in [6, 6.07) is 1.20. The monoisotopic (exact) mass is 979 g/mol. The standard InChI is InChI=1S/C70H94N2O/c1-2-49-30-40-58(41-31-49)73-59-42-35-55(36-43-59)70(54-22-10-5-11-23-54)65-27-15-12-25-61(65)62-44-39-57(47-66(62)70)72(69-29-17-13-24-60(69)52-20-8-4-9-21-52)56-37-32-51(33-38-56)53-34-45-68-64(46-53)63-26-14-16-28-67(63)71(68)48-50-18-6-3-7-19-50/h2,15,20,22,27,29,35,37,39-40,42,44,46,49-51,57,60-63,65-67H,1,3-14,16-19,21,23-26,28,30-34,36,38,41,43,45,47-48H2. The van der Waals surface area contributed by atoms with Gasteiger partial charge in [-0.25, -0.2) is 0 Å². The molecule has 13 rings (SSSR count). The molecule has 3 fully saturated rings. The lowest BCUT2D eigenvalue weighted by molar-refractivity contribution is 0.150.